The number of carboxylic acid groups (broad SMARTS) is 1. The molecular formula is C16H20O4. The second-order valence-corrected chi connectivity index (χ2v) is 5.57. The molecule has 0 heterocycles. The van der Waals surface area contributed by atoms with Crippen molar-refractivity contribution in [2.75, 3.05) is 0 Å². The first-order valence-corrected chi connectivity index (χ1v) is 6.43. The highest BCUT2D eigenvalue weighted by Crippen LogP contribution is 2.25. The molecule has 1 N–H and O–H groups in total. The minimum Gasteiger partial charge on any atom is -0.478 e. The van der Waals surface area contributed by atoms with E-state index < -0.39 is 18.0 Å². The molecule has 0 saturated heterocycles. The number of carbonyl (C=O) groups is 2. The van der Waals surface area contributed by atoms with Crippen LogP contribution in [0.4, 0.5) is 0 Å². The van der Waals surface area contributed by atoms with Gasteiger partial charge in [0.25, 0.3) is 0 Å². The highest BCUT2D eigenvalue weighted by molar-refractivity contribution is 6.02. The van der Waals surface area contributed by atoms with Gasteiger partial charge in [-0.05, 0) is 25.1 Å². The molecule has 0 saturated carbocycles. The van der Waals surface area contributed by atoms with Crippen LogP contribution in [0.2, 0.25) is 0 Å². The lowest BCUT2D eigenvalue weighted by molar-refractivity contribution is 0.0145. The molecule has 0 aliphatic heterocycles. The monoisotopic (exact) mass is 276 g/mol. The lowest BCUT2D eigenvalue weighted by Crippen LogP contribution is -2.30. The van der Waals surface area contributed by atoms with Gasteiger partial charge < -0.3 is 9.84 Å². The van der Waals surface area contributed by atoms with Crippen molar-refractivity contribution >= 4 is 11.9 Å². The maximum atomic E-state index is 12.2. The Hall–Kier alpha value is -2.10. The van der Waals surface area contributed by atoms with E-state index >= 15 is 0 Å². The predicted molar refractivity (Wildman–Crippen MR) is 76.9 cm³/mol. The van der Waals surface area contributed by atoms with Gasteiger partial charge in [-0.3, -0.25) is 0 Å². The van der Waals surface area contributed by atoms with E-state index in [-0.39, 0.29) is 16.5 Å². The van der Waals surface area contributed by atoms with Crippen LogP contribution in [0.25, 0.3) is 0 Å². The molecule has 108 valence electrons. The van der Waals surface area contributed by atoms with Gasteiger partial charge in [-0.25, -0.2) is 9.59 Å². The third-order valence-corrected chi connectivity index (χ3v) is 2.83. The van der Waals surface area contributed by atoms with Crippen molar-refractivity contribution in [1.82, 2.24) is 0 Å². The Morgan fingerprint density at radius 1 is 1.20 bits per heavy atom. The van der Waals surface area contributed by atoms with Crippen LogP contribution < -0.4 is 0 Å². The van der Waals surface area contributed by atoms with Crippen LogP contribution in [-0.4, -0.2) is 23.1 Å². The molecule has 1 aromatic carbocycles. The lowest BCUT2D eigenvalue weighted by Gasteiger charge is -2.28. The van der Waals surface area contributed by atoms with Gasteiger partial charge in [-0.1, -0.05) is 39.0 Å². The average molecular weight is 276 g/mol. The normalized spacial score (nSPS) is 13.2. The van der Waals surface area contributed by atoms with E-state index in [2.05, 4.69) is 0 Å². The zero-order valence-electron chi connectivity index (χ0n) is 12.2. The van der Waals surface area contributed by atoms with Crippen LogP contribution in [0.15, 0.2) is 36.4 Å². The molecule has 0 aliphatic carbocycles. The predicted octanol–water partition coefficient (Wildman–Crippen LogP) is 3.53. The molecule has 0 radical (unpaired) electrons. The van der Waals surface area contributed by atoms with Crippen LogP contribution in [0.5, 0.6) is 0 Å². The average Bonchev–Trinajstić information content (AvgIpc) is 2.37. The topological polar surface area (TPSA) is 63.6 Å². The standard InChI is InChI=1S/C16H20O4/c1-5-8-13(16(2,3)4)20-15(19)12-10-7-6-9-11(12)14(17)18/h5-10,13H,1-4H3,(H,17,18)/b8-5+/t13-/m0/s1. The summed E-state index contributed by atoms with van der Waals surface area (Å²) in [6, 6.07) is 6.04. The molecule has 0 aromatic heterocycles. The number of hydrogen-bond acceptors (Lipinski definition) is 3. The van der Waals surface area contributed by atoms with Crippen molar-refractivity contribution < 1.29 is 19.4 Å². The van der Waals surface area contributed by atoms with Crippen molar-refractivity contribution in [2.45, 2.75) is 33.8 Å². The zero-order chi connectivity index (χ0) is 15.3. The number of aromatic carboxylic acids is 1. The van der Waals surface area contributed by atoms with Crippen LogP contribution in [0, 0.1) is 5.41 Å². The molecule has 4 heteroatoms. The fraction of sp³-hybridized carbons (Fsp3) is 0.375. The van der Waals surface area contributed by atoms with Crippen molar-refractivity contribution in [2.24, 2.45) is 5.41 Å². The van der Waals surface area contributed by atoms with Crippen molar-refractivity contribution in [3.05, 3.63) is 47.5 Å². The van der Waals surface area contributed by atoms with Crippen molar-refractivity contribution in [3.8, 4) is 0 Å². The first kappa shape index (κ1) is 16.0. The molecule has 0 aliphatic rings. The summed E-state index contributed by atoms with van der Waals surface area (Å²) < 4.78 is 5.44. The molecule has 0 bridgehead atoms. The molecule has 1 atom stereocenters. The Bertz CT molecular complexity index is 524. The van der Waals surface area contributed by atoms with Crippen molar-refractivity contribution in [1.29, 1.82) is 0 Å². The lowest BCUT2D eigenvalue weighted by atomic mass is 9.88. The summed E-state index contributed by atoms with van der Waals surface area (Å²) in [6.45, 7) is 7.70. The SMILES string of the molecule is C/C=C/[C@H](OC(=O)c1ccccc1C(=O)O)C(C)(C)C. The third kappa shape index (κ3) is 3.95. The van der Waals surface area contributed by atoms with Gasteiger partial charge in [0.15, 0.2) is 0 Å². The van der Waals surface area contributed by atoms with Crippen LogP contribution in [0.3, 0.4) is 0 Å². The van der Waals surface area contributed by atoms with Gasteiger partial charge in [0.05, 0.1) is 11.1 Å². The fourth-order valence-corrected chi connectivity index (χ4v) is 1.71. The van der Waals surface area contributed by atoms with E-state index in [0.717, 1.165) is 0 Å². The van der Waals surface area contributed by atoms with Crippen molar-refractivity contribution in [3.63, 3.8) is 0 Å². The summed E-state index contributed by atoms with van der Waals surface area (Å²) in [6.07, 6.45) is 3.19. The molecule has 0 amide bonds. The summed E-state index contributed by atoms with van der Waals surface area (Å²) in [5.74, 6) is -1.77. The summed E-state index contributed by atoms with van der Waals surface area (Å²) in [5.41, 5.74) is -0.246. The van der Waals surface area contributed by atoms with E-state index in [1.807, 2.05) is 33.8 Å². The Kier molecular flexibility index (Phi) is 5.08. The van der Waals surface area contributed by atoms with Crippen LogP contribution >= 0.6 is 0 Å². The van der Waals surface area contributed by atoms with E-state index in [1.165, 1.54) is 12.1 Å². The molecule has 1 aromatic rings. The molecular weight excluding hydrogens is 256 g/mol. The Morgan fingerprint density at radius 2 is 1.75 bits per heavy atom. The maximum Gasteiger partial charge on any atom is 0.339 e. The quantitative estimate of drug-likeness (QED) is 0.675. The number of hydrogen-bond donors (Lipinski definition) is 1. The summed E-state index contributed by atoms with van der Waals surface area (Å²) in [7, 11) is 0. The largest absolute Gasteiger partial charge is 0.478 e. The molecule has 0 unspecified atom stereocenters. The minimum atomic E-state index is -1.14. The second-order valence-electron chi connectivity index (χ2n) is 5.57. The van der Waals surface area contributed by atoms with E-state index in [4.69, 9.17) is 9.84 Å². The number of ether oxygens (including phenoxy) is 1. The number of esters is 1. The van der Waals surface area contributed by atoms with Gasteiger partial charge in [-0.15, -0.1) is 0 Å². The highest BCUT2D eigenvalue weighted by atomic mass is 16.5. The smallest absolute Gasteiger partial charge is 0.339 e. The Balaban J connectivity index is 3.04. The van der Waals surface area contributed by atoms with Gasteiger partial charge in [0.2, 0.25) is 0 Å². The summed E-state index contributed by atoms with van der Waals surface area (Å²) >= 11 is 0. The number of carbonyl (C=O) groups excluding carboxylic acids is 1. The Morgan fingerprint density at radius 3 is 2.20 bits per heavy atom. The van der Waals surface area contributed by atoms with Gasteiger partial charge in [0, 0.05) is 5.41 Å². The minimum absolute atomic E-state index is 0.0503. The molecule has 0 spiro atoms. The number of carboxylic acids is 1. The summed E-state index contributed by atoms with van der Waals surface area (Å²) in [5, 5.41) is 9.09. The zero-order valence-corrected chi connectivity index (χ0v) is 12.2. The van der Waals surface area contributed by atoms with E-state index in [9.17, 15) is 9.59 Å². The molecule has 4 nitrogen and oxygen atoms in total. The number of benzene rings is 1. The molecule has 0 fully saturated rings. The first-order valence-electron chi connectivity index (χ1n) is 6.43. The number of allylic oxidation sites excluding steroid dienone is 1. The second kappa shape index (κ2) is 6.37. The maximum absolute atomic E-state index is 12.2. The highest BCUT2D eigenvalue weighted by Gasteiger charge is 2.27. The van der Waals surface area contributed by atoms with Gasteiger partial charge in [-0.2, -0.15) is 0 Å². The van der Waals surface area contributed by atoms with E-state index in [1.54, 1.807) is 18.2 Å². The first-order chi connectivity index (χ1) is 9.27. The van der Waals surface area contributed by atoms with Crippen LogP contribution in [0.1, 0.15) is 48.4 Å². The fourth-order valence-electron chi connectivity index (χ4n) is 1.71. The molecule has 1 rings (SSSR count). The van der Waals surface area contributed by atoms with Crippen LogP contribution in [-0.2, 0) is 4.74 Å². The third-order valence-electron chi connectivity index (χ3n) is 2.83. The van der Waals surface area contributed by atoms with Gasteiger partial charge >= 0.3 is 11.9 Å². The number of rotatable bonds is 4. The Labute approximate surface area is 119 Å². The van der Waals surface area contributed by atoms with Gasteiger partial charge in [0.1, 0.15) is 6.10 Å². The summed E-state index contributed by atoms with van der Waals surface area (Å²) in [4.78, 5) is 23.3. The molecule has 20 heavy (non-hydrogen) atoms. The van der Waals surface area contributed by atoms with E-state index in [0.29, 0.717) is 0 Å².